The molecule has 0 radical (unpaired) electrons. The first-order chi connectivity index (χ1) is 17.4. The number of aromatic nitrogens is 4. The number of rotatable bonds is 4. The molecule has 1 aliphatic heterocycles. The topological polar surface area (TPSA) is 115 Å². The molecule has 0 bridgehead atoms. The third-order valence-corrected chi connectivity index (χ3v) is 6.83. The van der Waals surface area contributed by atoms with Gasteiger partial charge in [-0.15, -0.1) is 5.92 Å². The van der Waals surface area contributed by atoms with Crippen molar-refractivity contribution in [2.75, 3.05) is 18.0 Å². The number of imidazole rings is 1. The molecule has 1 fully saturated rings. The van der Waals surface area contributed by atoms with Gasteiger partial charge in [0.15, 0.2) is 11.2 Å². The Bertz CT molecular complexity index is 1710. The highest BCUT2D eigenvalue weighted by Gasteiger charge is 2.26. The van der Waals surface area contributed by atoms with Crippen LogP contribution in [0.3, 0.4) is 0 Å². The Labute approximate surface area is 208 Å². The Morgan fingerprint density at radius 2 is 1.92 bits per heavy atom. The maximum atomic E-state index is 13.9. The Balaban J connectivity index is 1.72. The number of nitrogens with two attached hydrogens (primary N) is 1. The van der Waals surface area contributed by atoms with Crippen LogP contribution in [-0.2, 0) is 20.1 Å². The molecule has 1 atom stereocenters. The standard InChI is InChI=1S/C27H27N7O2/c1-3-4-14-33-23-24(30-26(33)32-13-7-8-20(29)17-32)31(2)27(36)34(25(23)35)16-19-12-11-18(15-28)21-9-5-6-10-22(19)21/h5-6,9-12,20H,7-8,13-14,16-17,29H2,1-2H3. The lowest BCUT2D eigenvalue weighted by atomic mass is 10.00. The van der Waals surface area contributed by atoms with Crippen molar-refractivity contribution in [2.24, 2.45) is 12.8 Å². The van der Waals surface area contributed by atoms with Crippen LogP contribution >= 0.6 is 0 Å². The molecular formula is C27H27N7O2. The molecule has 0 saturated carbocycles. The van der Waals surface area contributed by atoms with Gasteiger partial charge in [-0.25, -0.2) is 4.79 Å². The molecule has 0 amide bonds. The van der Waals surface area contributed by atoms with Crippen LogP contribution in [-0.4, -0.2) is 37.8 Å². The fraction of sp³-hybridized carbons (Fsp3) is 0.333. The summed E-state index contributed by atoms with van der Waals surface area (Å²) in [6.45, 7) is 3.50. The molecule has 2 N–H and O–H groups in total. The van der Waals surface area contributed by atoms with Gasteiger partial charge in [0.25, 0.3) is 5.56 Å². The Hall–Kier alpha value is -4.34. The molecule has 1 unspecified atom stereocenters. The summed E-state index contributed by atoms with van der Waals surface area (Å²) in [5.74, 6) is 6.55. The van der Waals surface area contributed by atoms with E-state index >= 15 is 0 Å². The molecule has 182 valence electrons. The van der Waals surface area contributed by atoms with E-state index in [-0.39, 0.29) is 19.1 Å². The van der Waals surface area contributed by atoms with E-state index in [1.54, 1.807) is 30.7 Å². The molecule has 4 aromatic rings. The summed E-state index contributed by atoms with van der Waals surface area (Å²) in [6, 6.07) is 13.3. The summed E-state index contributed by atoms with van der Waals surface area (Å²) in [5, 5.41) is 11.1. The molecule has 36 heavy (non-hydrogen) atoms. The average molecular weight is 482 g/mol. The number of hydrogen-bond donors (Lipinski definition) is 1. The summed E-state index contributed by atoms with van der Waals surface area (Å²) in [7, 11) is 1.63. The molecule has 3 heterocycles. The monoisotopic (exact) mass is 481 g/mol. The summed E-state index contributed by atoms with van der Waals surface area (Å²) < 4.78 is 4.46. The van der Waals surface area contributed by atoms with Crippen LogP contribution in [0.15, 0.2) is 46.0 Å². The summed E-state index contributed by atoms with van der Waals surface area (Å²) in [4.78, 5) is 34.1. The van der Waals surface area contributed by atoms with Crippen LogP contribution in [0.5, 0.6) is 0 Å². The van der Waals surface area contributed by atoms with Gasteiger partial charge in [-0.1, -0.05) is 36.3 Å². The third-order valence-electron chi connectivity index (χ3n) is 6.83. The lowest BCUT2D eigenvalue weighted by molar-refractivity contribution is 0.496. The van der Waals surface area contributed by atoms with Crippen molar-refractivity contribution in [1.82, 2.24) is 18.7 Å². The van der Waals surface area contributed by atoms with Gasteiger partial charge in [0.2, 0.25) is 5.95 Å². The van der Waals surface area contributed by atoms with E-state index < -0.39 is 11.2 Å². The molecular weight excluding hydrogens is 454 g/mol. The molecule has 5 rings (SSSR count). The number of anilines is 1. The first-order valence-corrected chi connectivity index (χ1v) is 12.0. The highest BCUT2D eigenvalue weighted by molar-refractivity contribution is 5.90. The van der Waals surface area contributed by atoms with E-state index in [4.69, 9.17) is 10.7 Å². The van der Waals surface area contributed by atoms with E-state index in [1.807, 2.05) is 24.3 Å². The summed E-state index contributed by atoms with van der Waals surface area (Å²) in [5.41, 5.74) is 7.35. The second-order valence-corrected chi connectivity index (χ2v) is 9.11. The van der Waals surface area contributed by atoms with Crippen LogP contribution in [0.2, 0.25) is 0 Å². The van der Waals surface area contributed by atoms with E-state index in [2.05, 4.69) is 22.8 Å². The van der Waals surface area contributed by atoms with Crippen LogP contribution in [0.25, 0.3) is 21.9 Å². The predicted molar refractivity (Wildman–Crippen MR) is 140 cm³/mol. The maximum absolute atomic E-state index is 13.9. The van der Waals surface area contributed by atoms with Crippen LogP contribution in [0.4, 0.5) is 5.95 Å². The fourth-order valence-electron chi connectivity index (χ4n) is 5.01. The lowest BCUT2D eigenvalue weighted by Crippen LogP contribution is -2.44. The number of nitrogens with zero attached hydrogens (tertiary/aromatic N) is 6. The highest BCUT2D eigenvalue weighted by atomic mass is 16.2. The third kappa shape index (κ3) is 3.84. The number of fused-ring (bicyclic) bond motifs is 2. The van der Waals surface area contributed by atoms with Crippen LogP contribution in [0, 0.1) is 23.2 Å². The first kappa shape index (κ1) is 23.4. The fourth-order valence-corrected chi connectivity index (χ4v) is 5.01. The van der Waals surface area contributed by atoms with Gasteiger partial charge in [-0.05, 0) is 42.2 Å². The van der Waals surface area contributed by atoms with Gasteiger partial charge < -0.3 is 10.6 Å². The lowest BCUT2D eigenvalue weighted by Gasteiger charge is -2.31. The van der Waals surface area contributed by atoms with Gasteiger partial charge in [0.05, 0.1) is 24.7 Å². The van der Waals surface area contributed by atoms with Gasteiger partial charge in [0, 0.05) is 26.2 Å². The van der Waals surface area contributed by atoms with Crippen molar-refractivity contribution in [2.45, 2.75) is 38.9 Å². The van der Waals surface area contributed by atoms with Gasteiger partial charge in [-0.2, -0.15) is 10.2 Å². The minimum absolute atomic E-state index is 0.0226. The quantitative estimate of drug-likeness (QED) is 0.446. The zero-order chi connectivity index (χ0) is 25.4. The molecule has 0 spiro atoms. The van der Waals surface area contributed by atoms with Gasteiger partial charge in [-0.3, -0.25) is 18.5 Å². The molecule has 2 aromatic heterocycles. The Morgan fingerprint density at radius 1 is 1.14 bits per heavy atom. The van der Waals surface area contributed by atoms with Crippen molar-refractivity contribution < 1.29 is 0 Å². The normalized spacial score (nSPS) is 15.6. The first-order valence-electron chi connectivity index (χ1n) is 12.0. The number of hydrogen-bond acceptors (Lipinski definition) is 6. The number of benzene rings is 2. The minimum Gasteiger partial charge on any atom is -0.341 e. The average Bonchev–Trinajstić information content (AvgIpc) is 3.28. The van der Waals surface area contributed by atoms with Gasteiger partial charge >= 0.3 is 5.69 Å². The molecule has 1 aliphatic rings. The van der Waals surface area contributed by atoms with E-state index in [0.29, 0.717) is 29.2 Å². The van der Waals surface area contributed by atoms with Crippen LogP contribution in [0.1, 0.15) is 30.9 Å². The smallest absolute Gasteiger partial charge is 0.332 e. The van der Waals surface area contributed by atoms with Crippen molar-refractivity contribution in [3.8, 4) is 17.9 Å². The Morgan fingerprint density at radius 3 is 2.64 bits per heavy atom. The summed E-state index contributed by atoms with van der Waals surface area (Å²) in [6.07, 6.45) is 1.87. The van der Waals surface area contributed by atoms with E-state index in [1.165, 1.54) is 9.13 Å². The molecule has 2 aromatic carbocycles. The van der Waals surface area contributed by atoms with Crippen molar-refractivity contribution >= 4 is 27.9 Å². The van der Waals surface area contributed by atoms with Crippen molar-refractivity contribution in [3.05, 3.63) is 68.4 Å². The minimum atomic E-state index is -0.450. The highest BCUT2D eigenvalue weighted by Crippen LogP contribution is 2.25. The van der Waals surface area contributed by atoms with Gasteiger partial charge in [0.1, 0.15) is 0 Å². The second-order valence-electron chi connectivity index (χ2n) is 9.11. The summed E-state index contributed by atoms with van der Waals surface area (Å²) >= 11 is 0. The zero-order valence-electron chi connectivity index (χ0n) is 20.4. The van der Waals surface area contributed by atoms with Crippen LogP contribution < -0.4 is 21.9 Å². The maximum Gasteiger partial charge on any atom is 0.332 e. The molecule has 9 nitrogen and oxygen atoms in total. The zero-order valence-corrected chi connectivity index (χ0v) is 20.4. The number of piperidine rings is 1. The Kier molecular flexibility index (Phi) is 6.09. The number of aryl methyl sites for hydroxylation is 1. The van der Waals surface area contributed by atoms with Crippen molar-refractivity contribution in [3.63, 3.8) is 0 Å². The second kappa shape index (κ2) is 9.37. The molecule has 0 aliphatic carbocycles. The van der Waals surface area contributed by atoms with E-state index in [0.717, 1.165) is 35.7 Å². The predicted octanol–water partition coefficient (Wildman–Crippen LogP) is 1.92. The number of nitriles is 1. The largest absolute Gasteiger partial charge is 0.341 e. The molecule has 1 saturated heterocycles. The SMILES string of the molecule is CC#CCn1c(N2CCCC(N)C2)nc2c1c(=O)n(Cc1ccc(C#N)c3ccccc13)c(=O)n2C. The van der Waals surface area contributed by atoms with Crippen molar-refractivity contribution in [1.29, 1.82) is 5.26 Å². The van der Waals surface area contributed by atoms with E-state index in [9.17, 15) is 14.9 Å². The molecule has 9 heteroatoms.